The Labute approximate surface area is 298 Å². The summed E-state index contributed by atoms with van der Waals surface area (Å²) in [7, 11) is 0. The zero-order valence-corrected chi connectivity index (χ0v) is 28.4. The van der Waals surface area contributed by atoms with Crippen LogP contribution in [-0.4, -0.2) is 15.0 Å². The van der Waals surface area contributed by atoms with E-state index in [0.29, 0.717) is 29.3 Å². The van der Waals surface area contributed by atoms with Crippen LogP contribution in [0.4, 0.5) is 0 Å². The van der Waals surface area contributed by atoms with Crippen LogP contribution in [0.1, 0.15) is 43.2 Å². The smallest absolute Gasteiger partial charge is 0.164 e. The molecule has 7 aromatic rings. The van der Waals surface area contributed by atoms with Crippen molar-refractivity contribution in [3.05, 3.63) is 151 Å². The van der Waals surface area contributed by atoms with Gasteiger partial charge in [0.1, 0.15) is 11.5 Å². The maximum atomic E-state index is 6.82. The standard InChI is InChI=1S/C47H37N3O/c1-2-11-32(12-3-1)44-48-45(50-46(49-44)39-17-9-13-31-10-4-5-16-38(31)39)35-15-8-14-33(27-35)34-20-21-41-43(28-34)51-42-19-7-6-18-40(42)47(41)36-23-29-22-30(25-36)26-37(47)24-29/h1-21,27-30,36-37H,22-26H2. The summed E-state index contributed by atoms with van der Waals surface area (Å²) in [5.41, 5.74) is 8.04. The van der Waals surface area contributed by atoms with Crippen molar-refractivity contribution in [1.29, 1.82) is 0 Å². The number of ether oxygens (including phenoxy) is 1. The highest BCUT2D eigenvalue weighted by Crippen LogP contribution is 2.68. The molecular weight excluding hydrogens is 623 g/mol. The normalized spacial score (nSPS) is 23.9. The zero-order chi connectivity index (χ0) is 33.5. The molecular formula is C47H37N3O. The summed E-state index contributed by atoms with van der Waals surface area (Å²) in [6, 6.07) is 49.5. The van der Waals surface area contributed by atoms with Crippen LogP contribution in [0.25, 0.3) is 56.1 Å². The van der Waals surface area contributed by atoms with Crippen LogP contribution in [0.15, 0.2) is 140 Å². The quantitative estimate of drug-likeness (QED) is 0.189. The van der Waals surface area contributed by atoms with E-state index >= 15 is 0 Å². The summed E-state index contributed by atoms with van der Waals surface area (Å²) < 4.78 is 6.82. The van der Waals surface area contributed by atoms with Crippen molar-refractivity contribution < 1.29 is 4.74 Å². The van der Waals surface area contributed by atoms with E-state index < -0.39 is 0 Å². The second-order valence-corrected chi connectivity index (χ2v) is 15.3. The highest BCUT2D eigenvalue weighted by atomic mass is 16.5. The summed E-state index contributed by atoms with van der Waals surface area (Å²) in [4.78, 5) is 15.2. The first kappa shape index (κ1) is 29.2. The maximum Gasteiger partial charge on any atom is 0.164 e. The Morgan fingerprint density at radius 1 is 0.451 bits per heavy atom. The van der Waals surface area contributed by atoms with Crippen LogP contribution in [0.3, 0.4) is 0 Å². The molecule has 4 saturated carbocycles. The number of aromatic nitrogens is 3. The summed E-state index contributed by atoms with van der Waals surface area (Å²) >= 11 is 0. The molecule has 6 aromatic carbocycles. The van der Waals surface area contributed by atoms with Crippen molar-refractivity contribution in [2.75, 3.05) is 0 Å². The highest BCUT2D eigenvalue weighted by Gasteiger charge is 2.61. The monoisotopic (exact) mass is 659 g/mol. The van der Waals surface area contributed by atoms with Gasteiger partial charge in [0.05, 0.1) is 0 Å². The van der Waals surface area contributed by atoms with E-state index in [1.54, 1.807) is 0 Å². The fourth-order valence-corrected chi connectivity index (χ4v) is 10.7. The van der Waals surface area contributed by atoms with Crippen molar-refractivity contribution in [2.45, 2.75) is 37.5 Å². The lowest BCUT2D eigenvalue weighted by molar-refractivity contribution is -0.0452. The van der Waals surface area contributed by atoms with Crippen molar-refractivity contribution >= 4 is 10.8 Å². The Morgan fingerprint density at radius 2 is 1.06 bits per heavy atom. The largest absolute Gasteiger partial charge is 0.457 e. The fourth-order valence-electron chi connectivity index (χ4n) is 10.7. The van der Waals surface area contributed by atoms with E-state index in [1.807, 2.05) is 18.2 Å². The minimum atomic E-state index is 0.0503. The second-order valence-electron chi connectivity index (χ2n) is 15.3. The van der Waals surface area contributed by atoms with Gasteiger partial charge < -0.3 is 4.74 Å². The fraction of sp³-hybridized carbons (Fsp3) is 0.213. The van der Waals surface area contributed by atoms with Crippen molar-refractivity contribution in [1.82, 2.24) is 15.0 Å². The lowest BCUT2D eigenvalue weighted by atomic mass is 9.42. The molecule has 1 aliphatic heterocycles. The molecule has 4 heteroatoms. The molecule has 0 unspecified atom stereocenters. The number of hydrogen-bond donors (Lipinski definition) is 0. The topological polar surface area (TPSA) is 47.9 Å². The third kappa shape index (κ3) is 4.48. The predicted octanol–water partition coefficient (Wildman–Crippen LogP) is 11.5. The molecule has 51 heavy (non-hydrogen) atoms. The van der Waals surface area contributed by atoms with E-state index in [-0.39, 0.29) is 5.41 Å². The number of rotatable bonds is 4. The first-order valence-electron chi connectivity index (χ1n) is 18.5. The molecule has 12 rings (SSSR count). The molecule has 246 valence electrons. The molecule has 0 amide bonds. The van der Waals surface area contributed by atoms with E-state index in [2.05, 4.69) is 121 Å². The van der Waals surface area contributed by atoms with Gasteiger partial charge in [0.15, 0.2) is 17.5 Å². The number of hydrogen-bond acceptors (Lipinski definition) is 4. The van der Waals surface area contributed by atoms with E-state index in [0.717, 1.165) is 61.9 Å². The molecule has 0 saturated heterocycles. The third-order valence-corrected chi connectivity index (χ3v) is 12.6. The average Bonchev–Trinajstić information content (AvgIpc) is 3.19. The van der Waals surface area contributed by atoms with E-state index in [1.165, 1.54) is 43.2 Å². The van der Waals surface area contributed by atoms with Gasteiger partial charge in [-0.25, -0.2) is 15.0 Å². The highest BCUT2D eigenvalue weighted by molar-refractivity contribution is 5.95. The molecule has 4 nitrogen and oxygen atoms in total. The maximum absolute atomic E-state index is 6.82. The Bertz CT molecular complexity index is 2450. The van der Waals surface area contributed by atoms with Crippen LogP contribution in [0, 0.1) is 23.7 Å². The SMILES string of the molecule is c1ccc(-c2nc(-c3cccc(-c4ccc5c(c4)Oc4ccccc4C54C5CC6CC(C5)CC4C6)c3)nc(-c3cccc4ccccc34)n2)cc1. The molecule has 4 bridgehead atoms. The van der Waals surface area contributed by atoms with Crippen LogP contribution in [-0.2, 0) is 5.41 Å². The number of para-hydroxylation sites is 1. The molecule has 0 radical (unpaired) electrons. The Morgan fingerprint density at radius 3 is 1.90 bits per heavy atom. The number of nitrogens with zero attached hydrogens (tertiary/aromatic N) is 3. The van der Waals surface area contributed by atoms with Crippen LogP contribution < -0.4 is 4.74 Å². The Kier molecular flexibility index (Phi) is 6.40. The van der Waals surface area contributed by atoms with Gasteiger partial charge in [0, 0.05) is 33.2 Å². The molecule has 2 heterocycles. The summed E-state index contributed by atoms with van der Waals surface area (Å²) in [5, 5.41) is 2.28. The molecule has 4 aliphatic carbocycles. The predicted molar refractivity (Wildman–Crippen MR) is 203 cm³/mol. The zero-order valence-electron chi connectivity index (χ0n) is 28.4. The van der Waals surface area contributed by atoms with Crippen LogP contribution in [0.2, 0.25) is 0 Å². The van der Waals surface area contributed by atoms with Gasteiger partial charge in [-0.1, -0.05) is 121 Å². The Balaban J connectivity index is 1.03. The number of fused-ring (bicyclic) bond motifs is 3. The van der Waals surface area contributed by atoms with Gasteiger partial charge in [-0.3, -0.25) is 0 Å². The third-order valence-electron chi connectivity index (χ3n) is 12.6. The van der Waals surface area contributed by atoms with Gasteiger partial charge in [-0.2, -0.15) is 0 Å². The van der Waals surface area contributed by atoms with Crippen molar-refractivity contribution in [3.8, 4) is 56.8 Å². The first-order chi connectivity index (χ1) is 25.2. The van der Waals surface area contributed by atoms with Crippen molar-refractivity contribution in [2.24, 2.45) is 23.7 Å². The second kappa shape index (κ2) is 11.2. The van der Waals surface area contributed by atoms with Gasteiger partial charge in [0.25, 0.3) is 0 Å². The molecule has 5 aliphatic rings. The Hall–Kier alpha value is -5.61. The van der Waals surface area contributed by atoms with Crippen LogP contribution >= 0.6 is 0 Å². The van der Waals surface area contributed by atoms with Gasteiger partial charge in [-0.05, 0) is 95.9 Å². The van der Waals surface area contributed by atoms with E-state index in [4.69, 9.17) is 19.7 Å². The average molecular weight is 660 g/mol. The number of benzene rings is 6. The molecule has 1 spiro atoms. The minimum Gasteiger partial charge on any atom is -0.457 e. The first-order valence-corrected chi connectivity index (χ1v) is 18.5. The summed E-state index contributed by atoms with van der Waals surface area (Å²) in [6.07, 6.45) is 6.84. The van der Waals surface area contributed by atoms with E-state index in [9.17, 15) is 0 Å². The van der Waals surface area contributed by atoms with Gasteiger partial charge in [-0.15, -0.1) is 0 Å². The molecule has 1 aromatic heterocycles. The minimum absolute atomic E-state index is 0.0503. The lowest BCUT2D eigenvalue weighted by Gasteiger charge is -2.63. The summed E-state index contributed by atoms with van der Waals surface area (Å²) in [6.45, 7) is 0. The molecule has 4 fully saturated rings. The van der Waals surface area contributed by atoms with Crippen LogP contribution in [0.5, 0.6) is 11.5 Å². The van der Waals surface area contributed by atoms with Gasteiger partial charge in [0.2, 0.25) is 0 Å². The molecule has 0 atom stereocenters. The summed E-state index contributed by atoms with van der Waals surface area (Å²) in [5.74, 6) is 7.23. The van der Waals surface area contributed by atoms with Crippen molar-refractivity contribution in [3.63, 3.8) is 0 Å². The lowest BCUT2D eigenvalue weighted by Crippen LogP contribution is -2.56. The molecule has 0 N–H and O–H groups in total. The van der Waals surface area contributed by atoms with Gasteiger partial charge >= 0.3 is 0 Å².